The number of halogens is 1. The van der Waals surface area contributed by atoms with Gasteiger partial charge in [0.15, 0.2) is 11.6 Å². The minimum atomic E-state index is -0.934. The minimum absolute atomic E-state index is 0.0114. The normalized spacial score (nSPS) is 30.9. The Balaban J connectivity index is 2.12. The fourth-order valence-electron chi connectivity index (χ4n) is 3.49. The Morgan fingerprint density at radius 3 is 2.78 bits per heavy atom. The van der Waals surface area contributed by atoms with Crippen molar-refractivity contribution < 1.29 is 9.53 Å². The zero-order valence-electron chi connectivity index (χ0n) is 13.6. The van der Waals surface area contributed by atoms with Crippen molar-refractivity contribution in [2.75, 3.05) is 6.54 Å². The largest absolute Gasteiger partial charge is 0.468 e. The molecule has 5 heteroatoms. The van der Waals surface area contributed by atoms with Gasteiger partial charge in [0.25, 0.3) is 0 Å². The number of carbonyl (C=O) groups is 1. The lowest BCUT2D eigenvalue weighted by molar-refractivity contribution is -0.134. The molecule has 2 aliphatic heterocycles. The maximum absolute atomic E-state index is 13.1. The van der Waals surface area contributed by atoms with Crippen molar-refractivity contribution in [2.24, 2.45) is 4.99 Å². The van der Waals surface area contributed by atoms with E-state index in [2.05, 4.69) is 5.32 Å². The molecule has 0 radical (unpaired) electrons. The Labute approximate surface area is 142 Å². The molecule has 0 spiro atoms. The third-order valence-corrected chi connectivity index (χ3v) is 5.15. The van der Waals surface area contributed by atoms with Crippen LogP contribution in [0.1, 0.15) is 45.1 Å². The Kier molecular flexibility index (Phi) is 4.74. The first kappa shape index (κ1) is 16.5. The predicted molar refractivity (Wildman–Crippen MR) is 92.1 cm³/mol. The maximum atomic E-state index is 13.1. The van der Waals surface area contributed by atoms with E-state index in [0.29, 0.717) is 23.8 Å². The van der Waals surface area contributed by atoms with Gasteiger partial charge in [-0.1, -0.05) is 43.6 Å². The average Bonchev–Trinajstić information content (AvgIpc) is 3.10. The zero-order valence-corrected chi connectivity index (χ0v) is 14.4. The number of rotatable bonds is 4. The first-order chi connectivity index (χ1) is 11.1. The van der Waals surface area contributed by atoms with Gasteiger partial charge in [-0.15, -0.1) is 0 Å². The maximum Gasteiger partial charge on any atom is 0.205 e. The van der Waals surface area contributed by atoms with E-state index >= 15 is 0 Å². The van der Waals surface area contributed by atoms with Crippen LogP contribution in [-0.4, -0.2) is 30.4 Å². The number of Topliss-reactive ketones (excluding diaryl/α,β-unsaturated/α-hetero) is 1. The molecule has 3 unspecified atom stereocenters. The second kappa shape index (κ2) is 6.62. The summed E-state index contributed by atoms with van der Waals surface area (Å²) < 4.78 is 5.95. The van der Waals surface area contributed by atoms with Crippen LogP contribution in [0.3, 0.4) is 0 Å². The molecule has 2 heterocycles. The van der Waals surface area contributed by atoms with Gasteiger partial charge in [0.05, 0.1) is 6.04 Å². The minimum Gasteiger partial charge on any atom is -0.468 e. The second-order valence-electron chi connectivity index (χ2n) is 6.17. The summed E-state index contributed by atoms with van der Waals surface area (Å²) in [4.78, 5) is 17.9. The molecule has 1 aromatic carbocycles. The molecule has 1 fully saturated rings. The molecule has 1 N–H and O–H groups in total. The van der Waals surface area contributed by atoms with Crippen LogP contribution in [0, 0.1) is 0 Å². The van der Waals surface area contributed by atoms with Gasteiger partial charge in [0.2, 0.25) is 11.7 Å². The highest BCUT2D eigenvalue weighted by Gasteiger charge is 2.48. The van der Waals surface area contributed by atoms with Crippen LogP contribution in [-0.2, 0) is 15.1 Å². The van der Waals surface area contributed by atoms with E-state index < -0.39 is 11.6 Å². The van der Waals surface area contributed by atoms with E-state index in [-0.39, 0.29) is 11.8 Å². The smallest absolute Gasteiger partial charge is 0.205 e. The number of aliphatic imine (C=N–C) groups is 1. The summed E-state index contributed by atoms with van der Waals surface area (Å²) in [5.41, 5.74) is -0.150. The first-order valence-electron chi connectivity index (χ1n) is 8.41. The van der Waals surface area contributed by atoms with Crippen molar-refractivity contribution in [2.45, 2.75) is 57.2 Å². The molecular formula is C18H23ClN2O2. The van der Waals surface area contributed by atoms with Gasteiger partial charge in [-0.3, -0.25) is 4.79 Å². The summed E-state index contributed by atoms with van der Waals surface area (Å²) in [6, 6.07) is 7.61. The van der Waals surface area contributed by atoms with Crippen molar-refractivity contribution in [3.05, 3.63) is 34.9 Å². The van der Waals surface area contributed by atoms with Gasteiger partial charge in [0.1, 0.15) is 0 Å². The fraction of sp³-hybridized carbons (Fsp3) is 0.556. The molecule has 0 bridgehead atoms. The molecule has 1 aromatic rings. The molecule has 0 saturated carbocycles. The van der Waals surface area contributed by atoms with Crippen LogP contribution >= 0.6 is 11.6 Å². The van der Waals surface area contributed by atoms with Gasteiger partial charge < -0.3 is 10.1 Å². The van der Waals surface area contributed by atoms with Crippen LogP contribution in [0.5, 0.6) is 0 Å². The summed E-state index contributed by atoms with van der Waals surface area (Å²) in [6.07, 6.45) is 2.85. The van der Waals surface area contributed by atoms with Gasteiger partial charge >= 0.3 is 0 Å². The fourth-order valence-corrected chi connectivity index (χ4v) is 3.78. The van der Waals surface area contributed by atoms with Crippen LogP contribution in [0.2, 0.25) is 5.02 Å². The molecule has 3 rings (SSSR count). The van der Waals surface area contributed by atoms with Gasteiger partial charge in [-0.2, -0.15) is 0 Å². The summed E-state index contributed by atoms with van der Waals surface area (Å²) >= 11 is 6.41. The average molecular weight is 335 g/mol. The van der Waals surface area contributed by atoms with Gasteiger partial charge in [-0.05, 0) is 38.3 Å². The van der Waals surface area contributed by atoms with Gasteiger partial charge in [0, 0.05) is 10.6 Å². The topological polar surface area (TPSA) is 50.7 Å². The molecule has 4 nitrogen and oxygen atoms in total. The monoisotopic (exact) mass is 334 g/mol. The van der Waals surface area contributed by atoms with Crippen molar-refractivity contribution in [3.8, 4) is 0 Å². The van der Waals surface area contributed by atoms with E-state index in [9.17, 15) is 4.79 Å². The summed E-state index contributed by atoms with van der Waals surface area (Å²) in [7, 11) is 0. The number of nitrogens with one attached hydrogen (secondary N) is 1. The number of hydrogen-bond acceptors (Lipinski definition) is 4. The highest BCUT2D eigenvalue weighted by Crippen LogP contribution is 2.40. The molecule has 0 aliphatic carbocycles. The lowest BCUT2D eigenvalue weighted by atomic mass is 9.80. The Morgan fingerprint density at radius 1 is 1.39 bits per heavy atom. The molecule has 23 heavy (non-hydrogen) atoms. The lowest BCUT2D eigenvalue weighted by Gasteiger charge is -2.38. The van der Waals surface area contributed by atoms with Crippen LogP contribution in [0.4, 0.5) is 0 Å². The predicted octanol–water partition coefficient (Wildman–Crippen LogP) is 3.47. The molecular weight excluding hydrogens is 312 g/mol. The third-order valence-electron chi connectivity index (χ3n) is 4.82. The van der Waals surface area contributed by atoms with E-state index in [1.54, 1.807) is 0 Å². The summed E-state index contributed by atoms with van der Waals surface area (Å²) in [6.45, 7) is 4.92. The third kappa shape index (κ3) is 2.79. The Hall–Kier alpha value is -1.39. The van der Waals surface area contributed by atoms with Crippen LogP contribution in [0.25, 0.3) is 0 Å². The van der Waals surface area contributed by atoms with Crippen LogP contribution in [0.15, 0.2) is 29.3 Å². The molecule has 124 valence electrons. The quantitative estimate of drug-likeness (QED) is 0.917. The number of ether oxygens (including phenoxy) is 1. The SMILES string of the molecule is CCC1OC(C2CCCN2)=NC(CC)(c2ccccc2Cl)C1=O. The van der Waals surface area contributed by atoms with Crippen molar-refractivity contribution in [1.82, 2.24) is 5.32 Å². The van der Waals surface area contributed by atoms with Crippen LogP contribution < -0.4 is 5.32 Å². The summed E-state index contributed by atoms with van der Waals surface area (Å²) in [5.74, 6) is 0.674. The number of benzene rings is 1. The second-order valence-corrected chi connectivity index (χ2v) is 6.58. The van der Waals surface area contributed by atoms with E-state index in [1.165, 1.54) is 0 Å². The zero-order chi connectivity index (χ0) is 16.4. The number of hydrogen-bond donors (Lipinski definition) is 1. The van der Waals surface area contributed by atoms with Crippen molar-refractivity contribution in [3.63, 3.8) is 0 Å². The lowest BCUT2D eigenvalue weighted by Crippen LogP contribution is -2.51. The van der Waals surface area contributed by atoms with E-state index in [4.69, 9.17) is 21.3 Å². The number of carbonyl (C=O) groups excluding carboxylic acids is 1. The first-order valence-corrected chi connectivity index (χ1v) is 8.79. The molecule has 0 amide bonds. The molecule has 0 aromatic heterocycles. The van der Waals surface area contributed by atoms with E-state index in [0.717, 1.165) is 24.9 Å². The standard InChI is InChI=1S/C18H23ClN2O2/c1-3-15-16(22)18(4-2,12-8-5-6-9-13(12)19)21-17(23-15)14-10-7-11-20-14/h5-6,8-9,14-15,20H,3-4,7,10-11H2,1-2H3. The Morgan fingerprint density at radius 2 is 2.17 bits per heavy atom. The highest BCUT2D eigenvalue weighted by molar-refractivity contribution is 6.32. The summed E-state index contributed by atoms with van der Waals surface area (Å²) in [5, 5.41) is 4.00. The van der Waals surface area contributed by atoms with Crippen molar-refractivity contribution >= 4 is 23.3 Å². The number of nitrogens with zero attached hydrogens (tertiary/aromatic N) is 1. The molecule has 3 atom stereocenters. The molecule has 1 saturated heterocycles. The molecule has 2 aliphatic rings. The Bertz CT molecular complexity index is 625. The highest BCUT2D eigenvalue weighted by atomic mass is 35.5. The number of ketones is 1. The van der Waals surface area contributed by atoms with Crippen molar-refractivity contribution in [1.29, 1.82) is 0 Å². The van der Waals surface area contributed by atoms with Gasteiger partial charge in [-0.25, -0.2) is 4.99 Å². The van der Waals surface area contributed by atoms with E-state index in [1.807, 2.05) is 38.1 Å².